The Morgan fingerprint density at radius 2 is 2.07 bits per heavy atom. The summed E-state index contributed by atoms with van der Waals surface area (Å²) in [5, 5.41) is 13.3. The third-order valence-corrected chi connectivity index (χ3v) is 3.48. The first kappa shape index (κ1) is 22.8. The Hall–Kier alpha value is -3.51. The number of anilines is 2. The van der Waals surface area contributed by atoms with Crippen molar-refractivity contribution in [2.24, 2.45) is 0 Å². The van der Waals surface area contributed by atoms with E-state index in [1.807, 2.05) is 6.92 Å². The number of hydrogen-bond acceptors (Lipinski definition) is 8. The van der Waals surface area contributed by atoms with Gasteiger partial charge in [0.2, 0.25) is 11.8 Å². The molecular formula is C17H16F4N4O5. The van der Waals surface area contributed by atoms with Crippen LogP contribution in [0.4, 0.5) is 34.9 Å². The molecule has 0 saturated heterocycles. The Morgan fingerprint density at radius 3 is 2.70 bits per heavy atom. The number of rotatable bonds is 9. The van der Waals surface area contributed by atoms with Crippen LogP contribution in [0.3, 0.4) is 0 Å². The van der Waals surface area contributed by atoms with Gasteiger partial charge in [-0.15, -0.1) is 0 Å². The van der Waals surface area contributed by atoms with Crippen molar-refractivity contribution >= 4 is 23.3 Å². The second-order valence-corrected chi connectivity index (χ2v) is 5.84. The van der Waals surface area contributed by atoms with Crippen LogP contribution in [0.5, 0.6) is 5.75 Å². The second-order valence-electron chi connectivity index (χ2n) is 5.84. The van der Waals surface area contributed by atoms with Crippen molar-refractivity contribution in [3.05, 3.63) is 46.0 Å². The van der Waals surface area contributed by atoms with Crippen molar-refractivity contribution in [2.75, 3.05) is 18.5 Å². The Balaban J connectivity index is 2.31. The maximum absolute atomic E-state index is 13.8. The van der Waals surface area contributed by atoms with Crippen LogP contribution in [0.15, 0.2) is 24.4 Å². The van der Waals surface area contributed by atoms with Crippen molar-refractivity contribution in [1.82, 2.24) is 9.97 Å². The van der Waals surface area contributed by atoms with Crippen LogP contribution >= 0.6 is 0 Å². The first-order valence-corrected chi connectivity index (χ1v) is 8.55. The molecule has 162 valence electrons. The van der Waals surface area contributed by atoms with Crippen LogP contribution in [0, 0.1) is 15.9 Å². The molecule has 0 radical (unpaired) electrons. The zero-order valence-corrected chi connectivity index (χ0v) is 15.5. The molecule has 0 fully saturated rings. The number of nitro groups is 1. The number of ether oxygens (including phenoxy) is 2. The predicted octanol–water partition coefficient (Wildman–Crippen LogP) is 4.17. The molecule has 0 amide bonds. The largest absolute Gasteiger partial charge is 0.482 e. The maximum atomic E-state index is 13.8. The van der Waals surface area contributed by atoms with Crippen molar-refractivity contribution < 1.29 is 36.8 Å². The molecule has 1 aromatic carbocycles. The zero-order chi connectivity index (χ0) is 22.3. The van der Waals surface area contributed by atoms with Gasteiger partial charge in [0.15, 0.2) is 12.3 Å². The van der Waals surface area contributed by atoms with Crippen LogP contribution < -0.4 is 10.1 Å². The highest BCUT2D eigenvalue weighted by molar-refractivity contribution is 5.87. The zero-order valence-electron chi connectivity index (χ0n) is 15.5. The normalized spacial score (nSPS) is 11.1. The quantitative estimate of drug-likeness (QED) is 0.206. The summed E-state index contributed by atoms with van der Waals surface area (Å²) in [5.74, 6) is -3.10. The Bertz CT molecular complexity index is 924. The smallest absolute Gasteiger partial charge is 0.422 e. The van der Waals surface area contributed by atoms with E-state index in [0.717, 1.165) is 6.42 Å². The van der Waals surface area contributed by atoms with Gasteiger partial charge >= 0.3 is 17.8 Å². The summed E-state index contributed by atoms with van der Waals surface area (Å²) in [4.78, 5) is 29.5. The fraction of sp³-hybridized carbons (Fsp3) is 0.353. The lowest BCUT2D eigenvalue weighted by molar-refractivity contribution is -0.387. The maximum Gasteiger partial charge on any atom is 0.422 e. The summed E-state index contributed by atoms with van der Waals surface area (Å²) in [6.07, 6.45) is -2.12. The summed E-state index contributed by atoms with van der Waals surface area (Å²) in [6, 6.07) is 2.32. The van der Waals surface area contributed by atoms with E-state index < -0.39 is 46.6 Å². The third-order valence-electron chi connectivity index (χ3n) is 3.48. The molecule has 1 aromatic heterocycles. The van der Waals surface area contributed by atoms with Gasteiger partial charge in [-0.2, -0.15) is 17.6 Å². The van der Waals surface area contributed by atoms with Crippen LogP contribution in [-0.4, -0.2) is 40.3 Å². The molecule has 9 nitrogen and oxygen atoms in total. The SMILES string of the molecule is CCCCOC(=O)c1ccnc(Nc2cc([N+](=O)[O-])c(F)cc2OCC(F)(F)F)n1. The monoisotopic (exact) mass is 432 g/mol. The second kappa shape index (κ2) is 9.80. The van der Waals surface area contributed by atoms with Crippen LogP contribution in [0.1, 0.15) is 30.3 Å². The number of nitro benzene ring substituents is 1. The number of aromatic nitrogens is 2. The fourth-order valence-corrected chi connectivity index (χ4v) is 2.10. The van der Waals surface area contributed by atoms with Crippen molar-refractivity contribution in [1.29, 1.82) is 0 Å². The third kappa shape index (κ3) is 6.53. The summed E-state index contributed by atoms with van der Waals surface area (Å²) in [6.45, 7) is 0.312. The Morgan fingerprint density at radius 1 is 1.33 bits per heavy atom. The van der Waals surface area contributed by atoms with E-state index >= 15 is 0 Å². The molecule has 0 aliphatic carbocycles. The minimum atomic E-state index is -4.73. The summed E-state index contributed by atoms with van der Waals surface area (Å²) in [7, 11) is 0. The van der Waals surface area contributed by atoms with E-state index in [1.54, 1.807) is 0 Å². The van der Waals surface area contributed by atoms with Gasteiger partial charge in [0.05, 0.1) is 17.2 Å². The molecule has 0 bridgehead atoms. The van der Waals surface area contributed by atoms with Gasteiger partial charge < -0.3 is 14.8 Å². The molecule has 30 heavy (non-hydrogen) atoms. The van der Waals surface area contributed by atoms with Gasteiger partial charge in [0.25, 0.3) is 0 Å². The molecule has 0 unspecified atom stereocenters. The summed E-state index contributed by atoms with van der Waals surface area (Å²) >= 11 is 0. The lowest BCUT2D eigenvalue weighted by Gasteiger charge is -2.14. The molecule has 0 spiro atoms. The molecule has 0 saturated carbocycles. The number of nitrogens with one attached hydrogen (secondary N) is 1. The van der Waals surface area contributed by atoms with E-state index in [4.69, 9.17) is 4.74 Å². The lowest BCUT2D eigenvalue weighted by Crippen LogP contribution is -2.20. The number of halogens is 4. The van der Waals surface area contributed by atoms with Gasteiger partial charge in [0, 0.05) is 18.3 Å². The van der Waals surface area contributed by atoms with E-state index in [2.05, 4.69) is 20.0 Å². The van der Waals surface area contributed by atoms with E-state index in [0.29, 0.717) is 18.6 Å². The van der Waals surface area contributed by atoms with Gasteiger partial charge in [-0.1, -0.05) is 13.3 Å². The average Bonchev–Trinajstić information content (AvgIpc) is 2.67. The van der Waals surface area contributed by atoms with Crippen molar-refractivity contribution in [3.63, 3.8) is 0 Å². The first-order chi connectivity index (χ1) is 14.1. The summed E-state index contributed by atoms with van der Waals surface area (Å²) < 4.78 is 60.7. The number of unbranched alkanes of at least 4 members (excludes halogenated alkanes) is 1. The Kier molecular flexibility index (Phi) is 7.44. The van der Waals surface area contributed by atoms with Crippen molar-refractivity contribution in [2.45, 2.75) is 25.9 Å². The summed E-state index contributed by atoms with van der Waals surface area (Å²) in [5.41, 5.74) is -1.56. The highest BCUT2D eigenvalue weighted by Gasteiger charge is 2.30. The number of benzene rings is 1. The molecular weight excluding hydrogens is 416 g/mol. The van der Waals surface area contributed by atoms with Crippen molar-refractivity contribution in [3.8, 4) is 5.75 Å². The molecule has 1 N–H and O–H groups in total. The molecule has 13 heteroatoms. The minimum absolute atomic E-state index is 0.155. The number of nitrogens with zero attached hydrogens (tertiary/aromatic N) is 3. The van der Waals surface area contributed by atoms with Gasteiger partial charge in [-0.05, 0) is 12.5 Å². The molecule has 0 aliphatic rings. The highest BCUT2D eigenvalue weighted by atomic mass is 19.4. The molecule has 1 heterocycles. The topological polar surface area (TPSA) is 116 Å². The van der Waals surface area contributed by atoms with Crippen LogP contribution in [-0.2, 0) is 4.74 Å². The van der Waals surface area contributed by atoms with E-state index in [1.165, 1.54) is 12.3 Å². The van der Waals surface area contributed by atoms with Crippen LogP contribution in [0.25, 0.3) is 0 Å². The van der Waals surface area contributed by atoms with E-state index in [9.17, 15) is 32.5 Å². The number of carbonyl (C=O) groups excluding carboxylic acids is 1. The number of alkyl halides is 3. The highest BCUT2D eigenvalue weighted by Crippen LogP contribution is 2.34. The number of esters is 1. The average molecular weight is 432 g/mol. The lowest BCUT2D eigenvalue weighted by atomic mass is 10.2. The fourth-order valence-electron chi connectivity index (χ4n) is 2.10. The van der Waals surface area contributed by atoms with Gasteiger partial charge in [0.1, 0.15) is 5.75 Å². The first-order valence-electron chi connectivity index (χ1n) is 8.55. The minimum Gasteiger partial charge on any atom is -0.482 e. The molecule has 0 atom stereocenters. The molecule has 0 aliphatic heterocycles. The number of carbonyl (C=O) groups is 1. The molecule has 2 aromatic rings. The molecule has 2 rings (SSSR count). The predicted molar refractivity (Wildman–Crippen MR) is 95.1 cm³/mol. The van der Waals surface area contributed by atoms with Gasteiger partial charge in [-0.25, -0.2) is 14.8 Å². The van der Waals surface area contributed by atoms with E-state index in [-0.39, 0.29) is 18.2 Å². The standard InChI is InChI=1S/C17H16F4N4O5/c1-2-3-6-29-15(26)11-4-5-22-16(23-11)24-12-8-13(25(27)28)10(18)7-14(12)30-9-17(19,20)21/h4-5,7-8H,2-3,6,9H2,1H3,(H,22,23,24). The number of hydrogen-bond donors (Lipinski definition) is 1. The van der Waals surface area contributed by atoms with Crippen LogP contribution in [0.2, 0.25) is 0 Å². The van der Waals surface area contributed by atoms with Gasteiger partial charge in [-0.3, -0.25) is 10.1 Å². The Labute approximate surface area is 167 Å².